The minimum Gasteiger partial charge on any atom is -0.350 e. The van der Waals surface area contributed by atoms with Crippen LogP contribution in [0.1, 0.15) is 10.5 Å². The number of amides is 1. The van der Waals surface area contributed by atoms with Gasteiger partial charge in [0.1, 0.15) is 5.69 Å². The summed E-state index contributed by atoms with van der Waals surface area (Å²) in [7, 11) is 0. The van der Waals surface area contributed by atoms with Crippen LogP contribution in [0.5, 0.6) is 0 Å². The van der Waals surface area contributed by atoms with Crippen LogP contribution >= 0.6 is 0 Å². The minimum atomic E-state index is -0.160. The van der Waals surface area contributed by atoms with E-state index in [-0.39, 0.29) is 5.91 Å². The van der Waals surface area contributed by atoms with E-state index in [9.17, 15) is 4.79 Å². The fourth-order valence-electron chi connectivity index (χ4n) is 2.55. The number of hydrogen-bond acceptors (Lipinski definition) is 1. The standard InChI is InChI=1S/C17H13N3O/c21-17(15-11-13-6-1-3-7-14(13)18-15)19-20-10-9-12-5-2-4-8-16(12)20/h1-11,18H,(H,19,21). The highest BCUT2D eigenvalue weighted by atomic mass is 16.2. The molecule has 0 saturated heterocycles. The first-order chi connectivity index (χ1) is 10.3. The van der Waals surface area contributed by atoms with Gasteiger partial charge in [-0.1, -0.05) is 36.4 Å². The van der Waals surface area contributed by atoms with Gasteiger partial charge in [-0.25, -0.2) is 0 Å². The number of carbonyl (C=O) groups is 1. The van der Waals surface area contributed by atoms with Crippen LogP contribution in [0.3, 0.4) is 0 Å². The first-order valence-electron chi connectivity index (χ1n) is 6.76. The van der Waals surface area contributed by atoms with Crippen molar-refractivity contribution in [1.82, 2.24) is 9.66 Å². The number of aromatic nitrogens is 2. The Labute approximate surface area is 121 Å². The van der Waals surface area contributed by atoms with Gasteiger partial charge in [-0.3, -0.25) is 14.9 Å². The Hall–Kier alpha value is -3.01. The Kier molecular flexibility index (Phi) is 2.54. The Morgan fingerprint density at radius 1 is 0.952 bits per heavy atom. The molecule has 4 nitrogen and oxygen atoms in total. The van der Waals surface area contributed by atoms with Crippen LogP contribution in [0.4, 0.5) is 0 Å². The van der Waals surface area contributed by atoms with E-state index in [0.29, 0.717) is 5.69 Å². The fourth-order valence-corrected chi connectivity index (χ4v) is 2.55. The lowest BCUT2D eigenvalue weighted by atomic mass is 10.2. The molecule has 2 aromatic carbocycles. The van der Waals surface area contributed by atoms with Gasteiger partial charge >= 0.3 is 0 Å². The summed E-state index contributed by atoms with van der Waals surface area (Å²) in [6, 6.07) is 19.6. The maximum atomic E-state index is 12.4. The average Bonchev–Trinajstić information content (AvgIpc) is 3.11. The Balaban J connectivity index is 1.69. The summed E-state index contributed by atoms with van der Waals surface area (Å²) >= 11 is 0. The molecule has 2 N–H and O–H groups in total. The van der Waals surface area contributed by atoms with Crippen molar-refractivity contribution in [2.75, 3.05) is 5.43 Å². The van der Waals surface area contributed by atoms with Crippen molar-refractivity contribution >= 4 is 27.7 Å². The van der Waals surface area contributed by atoms with Crippen LogP contribution in [0.2, 0.25) is 0 Å². The highest BCUT2D eigenvalue weighted by Crippen LogP contribution is 2.16. The number of nitrogens with one attached hydrogen (secondary N) is 2. The molecule has 4 rings (SSSR count). The van der Waals surface area contributed by atoms with Gasteiger partial charge in [0.05, 0.1) is 5.52 Å². The number of carbonyl (C=O) groups excluding carboxylic acids is 1. The van der Waals surface area contributed by atoms with Gasteiger partial charge in [-0.2, -0.15) is 0 Å². The summed E-state index contributed by atoms with van der Waals surface area (Å²) in [6.07, 6.45) is 1.85. The summed E-state index contributed by atoms with van der Waals surface area (Å²) in [4.78, 5) is 15.5. The topological polar surface area (TPSA) is 49.8 Å². The smallest absolute Gasteiger partial charge is 0.286 e. The van der Waals surface area contributed by atoms with Crippen LogP contribution in [-0.2, 0) is 0 Å². The number of rotatable bonds is 2. The molecular weight excluding hydrogens is 262 g/mol. The molecule has 2 aromatic heterocycles. The van der Waals surface area contributed by atoms with E-state index in [0.717, 1.165) is 21.8 Å². The van der Waals surface area contributed by atoms with E-state index in [1.807, 2.05) is 66.9 Å². The second kappa shape index (κ2) is 4.52. The summed E-state index contributed by atoms with van der Waals surface area (Å²) in [5, 5.41) is 2.12. The van der Waals surface area contributed by atoms with Crippen molar-refractivity contribution in [1.29, 1.82) is 0 Å². The Morgan fingerprint density at radius 2 is 1.71 bits per heavy atom. The second-order valence-corrected chi connectivity index (χ2v) is 4.96. The number of fused-ring (bicyclic) bond motifs is 2. The molecule has 21 heavy (non-hydrogen) atoms. The van der Waals surface area contributed by atoms with E-state index in [2.05, 4.69) is 10.4 Å². The molecule has 0 saturated carbocycles. The third-order valence-electron chi connectivity index (χ3n) is 3.60. The van der Waals surface area contributed by atoms with Crippen molar-refractivity contribution in [3.8, 4) is 0 Å². The van der Waals surface area contributed by atoms with Crippen LogP contribution < -0.4 is 5.43 Å². The summed E-state index contributed by atoms with van der Waals surface area (Å²) < 4.78 is 1.74. The van der Waals surface area contributed by atoms with Crippen LogP contribution in [0.15, 0.2) is 66.9 Å². The number of benzene rings is 2. The van der Waals surface area contributed by atoms with E-state index < -0.39 is 0 Å². The number of nitrogens with zero attached hydrogens (tertiary/aromatic N) is 1. The third kappa shape index (κ3) is 1.97. The SMILES string of the molecule is O=C(Nn1ccc2ccccc21)c1cc2ccccc2[nH]1. The lowest BCUT2D eigenvalue weighted by Crippen LogP contribution is -2.22. The van der Waals surface area contributed by atoms with Gasteiger partial charge in [-0.15, -0.1) is 0 Å². The summed E-state index contributed by atoms with van der Waals surface area (Å²) in [6.45, 7) is 0. The quantitative estimate of drug-likeness (QED) is 0.578. The summed E-state index contributed by atoms with van der Waals surface area (Å²) in [5.74, 6) is -0.160. The maximum Gasteiger partial charge on any atom is 0.286 e. The first kappa shape index (κ1) is 11.8. The molecule has 4 aromatic rings. The molecule has 0 atom stereocenters. The lowest BCUT2D eigenvalue weighted by molar-refractivity contribution is 0.100. The molecule has 0 unspecified atom stereocenters. The van der Waals surface area contributed by atoms with E-state index in [1.54, 1.807) is 4.68 Å². The zero-order valence-electron chi connectivity index (χ0n) is 11.2. The zero-order valence-corrected chi connectivity index (χ0v) is 11.2. The van der Waals surface area contributed by atoms with Crippen molar-refractivity contribution in [3.63, 3.8) is 0 Å². The highest BCUT2D eigenvalue weighted by molar-refractivity contribution is 6.03. The van der Waals surface area contributed by atoms with Crippen molar-refractivity contribution < 1.29 is 4.79 Å². The van der Waals surface area contributed by atoms with Gasteiger partial charge < -0.3 is 4.98 Å². The summed E-state index contributed by atoms with van der Waals surface area (Å²) in [5.41, 5.74) is 5.37. The van der Waals surface area contributed by atoms with Crippen molar-refractivity contribution in [2.24, 2.45) is 0 Å². The molecule has 2 heterocycles. The van der Waals surface area contributed by atoms with Gasteiger partial charge in [0.25, 0.3) is 5.91 Å². The second-order valence-electron chi connectivity index (χ2n) is 4.96. The van der Waals surface area contributed by atoms with E-state index in [1.165, 1.54) is 0 Å². The molecule has 1 amide bonds. The van der Waals surface area contributed by atoms with E-state index >= 15 is 0 Å². The van der Waals surface area contributed by atoms with E-state index in [4.69, 9.17) is 0 Å². The number of para-hydroxylation sites is 2. The third-order valence-corrected chi connectivity index (χ3v) is 3.60. The van der Waals surface area contributed by atoms with Gasteiger partial charge in [0.15, 0.2) is 0 Å². The Bertz CT molecular complexity index is 916. The van der Waals surface area contributed by atoms with Gasteiger partial charge in [0, 0.05) is 22.5 Å². The molecule has 4 heteroatoms. The molecule has 102 valence electrons. The molecule has 0 aliphatic heterocycles. The predicted octanol–water partition coefficient (Wildman–Crippen LogP) is 3.51. The number of aromatic amines is 1. The molecule has 0 radical (unpaired) electrons. The molecular formula is C17H13N3O. The molecule has 0 aliphatic carbocycles. The highest BCUT2D eigenvalue weighted by Gasteiger charge is 2.10. The largest absolute Gasteiger partial charge is 0.350 e. The molecule has 0 fully saturated rings. The molecule has 0 spiro atoms. The van der Waals surface area contributed by atoms with Gasteiger partial charge in [-0.05, 0) is 24.3 Å². The predicted molar refractivity (Wildman–Crippen MR) is 83.9 cm³/mol. The first-order valence-corrected chi connectivity index (χ1v) is 6.76. The average molecular weight is 275 g/mol. The number of hydrogen-bond donors (Lipinski definition) is 2. The van der Waals surface area contributed by atoms with Crippen LogP contribution in [0.25, 0.3) is 21.8 Å². The monoisotopic (exact) mass is 275 g/mol. The van der Waals surface area contributed by atoms with Crippen LogP contribution in [0, 0.1) is 0 Å². The fraction of sp³-hybridized carbons (Fsp3) is 0. The lowest BCUT2D eigenvalue weighted by Gasteiger charge is -2.06. The Morgan fingerprint density at radius 3 is 2.57 bits per heavy atom. The van der Waals surface area contributed by atoms with Crippen molar-refractivity contribution in [2.45, 2.75) is 0 Å². The van der Waals surface area contributed by atoms with Crippen molar-refractivity contribution in [3.05, 3.63) is 72.6 Å². The minimum absolute atomic E-state index is 0.160. The molecule has 0 aliphatic rings. The maximum absolute atomic E-state index is 12.4. The van der Waals surface area contributed by atoms with Crippen LogP contribution in [-0.4, -0.2) is 15.6 Å². The number of H-pyrrole nitrogens is 1. The van der Waals surface area contributed by atoms with Gasteiger partial charge in [0.2, 0.25) is 0 Å². The zero-order chi connectivity index (χ0) is 14.2. The molecule has 0 bridgehead atoms. The normalized spacial score (nSPS) is 11.0.